The molecule has 1 aromatic rings. The highest BCUT2D eigenvalue weighted by molar-refractivity contribution is 5.99. The molecule has 0 saturated heterocycles. The Bertz CT molecular complexity index is 843. The molecule has 3 aliphatic rings. The number of aliphatic imine (C=N–C) groups is 2. The summed E-state index contributed by atoms with van der Waals surface area (Å²) in [6.45, 7) is 2.09. The minimum absolute atomic E-state index is 0.120. The average molecular weight is 319 g/mol. The number of hydrogen-bond donors (Lipinski definition) is 1. The fraction of sp³-hybridized carbons (Fsp3) is 0.471. The van der Waals surface area contributed by atoms with E-state index in [-0.39, 0.29) is 23.9 Å². The molecular weight excluding hydrogens is 302 g/mol. The Kier molecular flexibility index (Phi) is 3.07. The van der Waals surface area contributed by atoms with Crippen molar-refractivity contribution in [2.45, 2.75) is 38.3 Å². The number of hydrogen-bond acceptors (Lipinski definition) is 6. The zero-order chi connectivity index (χ0) is 16.8. The van der Waals surface area contributed by atoms with Crippen LogP contribution in [-0.2, 0) is 0 Å². The molecule has 1 fully saturated rings. The van der Waals surface area contributed by atoms with Gasteiger partial charge in [0.2, 0.25) is 0 Å². The van der Waals surface area contributed by atoms with Gasteiger partial charge in [0.25, 0.3) is 0 Å². The first-order chi connectivity index (χ1) is 11.6. The lowest BCUT2D eigenvalue weighted by molar-refractivity contribution is 0.349. The Balaban J connectivity index is 1.67. The molecular formula is C17H17N7. The summed E-state index contributed by atoms with van der Waals surface area (Å²) >= 11 is 0. The van der Waals surface area contributed by atoms with Gasteiger partial charge in [-0.25, -0.2) is 4.99 Å². The van der Waals surface area contributed by atoms with Crippen molar-refractivity contribution < 1.29 is 0 Å². The number of aromatic nitrogens is 2. The summed E-state index contributed by atoms with van der Waals surface area (Å²) in [5, 5.41) is 26.2. The topological polar surface area (TPSA) is 102 Å². The quantitative estimate of drug-likeness (QED) is 0.919. The average Bonchev–Trinajstić information content (AvgIpc) is 3.04. The van der Waals surface area contributed by atoms with E-state index in [0.717, 1.165) is 24.2 Å². The first-order valence-electron chi connectivity index (χ1n) is 7.99. The fourth-order valence-electron chi connectivity index (χ4n) is 3.62. The molecule has 2 unspecified atom stereocenters. The number of amidine groups is 1. The molecule has 0 aromatic carbocycles. The molecule has 1 aromatic heterocycles. The largest absolute Gasteiger partial charge is 0.350 e. The van der Waals surface area contributed by atoms with Crippen molar-refractivity contribution in [3.63, 3.8) is 0 Å². The first-order valence-corrected chi connectivity index (χ1v) is 7.99. The number of nitrogens with zero attached hydrogens (tertiary/aromatic N) is 6. The van der Waals surface area contributed by atoms with Crippen LogP contribution in [-0.4, -0.2) is 22.0 Å². The molecule has 120 valence electrons. The van der Waals surface area contributed by atoms with E-state index in [2.05, 4.69) is 45.5 Å². The molecule has 0 bridgehead atoms. The van der Waals surface area contributed by atoms with E-state index in [9.17, 15) is 5.26 Å². The van der Waals surface area contributed by atoms with Crippen LogP contribution in [0.15, 0.2) is 34.7 Å². The smallest absolute Gasteiger partial charge is 0.120 e. The van der Waals surface area contributed by atoms with Crippen LogP contribution in [0.2, 0.25) is 0 Å². The van der Waals surface area contributed by atoms with Gasteiger partial charge in [0.1, 0.15) is 12.2 Å². The SMILES string of the molecule is C[C@]12C=CNC1=NC=NC2c1cnn(C(CC#N)C2(C#N)CC2)c1. The van der Waals surface area contributed by atoms with Crippen molar-refractivity contribution in [3.05, 3.63) is 30.2 Å². The highest BCUT2D eigenvalue weighted by atomic mass is 15.3. The van der Waals surface area contributed by atoms with E-state index in [4.69, 9.17) is 5.26 Å². The van der Waals surface area contributed by atoms with Crippen molar-refractivity contribution in [2.24, 2.45) is 20.8 Å². The number of fused-ring (bicyclic) bond motifs is 1. The molecule has 0 radical (unpaired) electrons. The van der Waals surface area contributed by atoms with Gasteiger partial charge in [0.15, 0.2) is 0 Å². The molecule has 24 heavy (non-hydrogen) atoms. The Labute approximate surface area is 140 Å². The molecule has 2 aliphatic heterocycles. The number of rotatable bonds is 4. The van der Waals surface area contributed by atoms with Gasteiger partial charge in [-0.1, -0.05) is 6.08 Å². The maximum Gasteiger partial charge on any atom is 0.120 e. The van der Waals surface area contributed by atoms with Crippen LogP contribution in [0.5, 0.6) is 0 Å². The van der Waals surface area contributed by atoms with Gasteiger partial charge in [0, 0.05) is 11.8 Å². The van der Waals surface area contributed by atoms with E-state index < -0.39 is 5.41 Å². The van der Waals surface area contributed by atoms with E-state index in [1.165, 1.54) is 0 Å². The van der Waals surface area contributed by atoms with Gasteiger partial charge in [-0.15, -0.1) is 0 Å². The summed E-state index contributed by atoms with van der Waals surface area (Å²) in [6, 6.07) is 4.26. The summed E-state index contributed by atoms with van der Waals surface area (Å²) < 4.78 is 1.78. The minimum atomic E-state index is -0.444. The van der Waals surface area contributed by atoms with E-state index >= 15 is 0 Å². The Hall–Kier alpha value is -2.93. The van der Waals surface area contributed by atoms with Crippen LogP contribution in [0.3, 0.4) is 0 Å². The maximum absolute atomic E-state index is 9.48. The molecule has 3 atom stereocenters. The number of nitrogens with one attached hydrogen (secondary N) is 1. The van der Waals surface area contributed by atoms with E-state index in [1.54, 1.807) is 17.2 Å². The van der Waals surface area contributed by atoms with Crippen LogP contribution in [0.4, 0.5) is 0 Å². The Morgan fingerprint density at radius 3 is 3.00 bits per heavy atom. The molecule has 7 nitrogen and oxygen atoms in total. The van der Waals surface area contributed by atoms with E-state index in [0.29, 0.717) is 0 Å². The zero-order valence-electron chi connectivity index (χ0n) is 13.3. The lowest BCUT2D eigenvalue weighted by Crippen LogP contribution is -2.36. The molecule has 1 N–H and O–H groups in total. The van der Waals surface area contributed by atoms with Gasteiger partial charge < -0.3 is 5.32 Å². The van der Waals surface area contributed by atoms with Crippen molar-refractivity contribution >= 4 is 12.2 Å². The second kappa shape index (κ2) is 5.04. The highest BCUT2D eigenvalue weighted by Gasteiger charge is 2.51. The summed E-state index contributed by atoms with van der Waals surface area (Å²) in [6.07, 6.45) is 11.2. The minimum Gasteiger partial charge on any atom is -0.350 e. The van der Waals surface area contributed by atoms with Crippen molar-refractivity contribution in [1.82, 2.24) is 15.1 Å². The maximum atomic E-state index is 9.48. The molecule has 0 amide bonds. The van der Waals surface area contributed by atoms with Crippen molar-refractivity contribution in [3.8, 4) is 12.1 Å². The third-order valence-corrected chi connectivity index (χ3v) is 5.32. The van der Waals surface area contributed by atoms with Crippen molar-refractivity contribution in [1.29, 1.82) is 10.5 Å². The Morgan fingerprint density at radius 1 is 1.46 bits per heavy atom. The molecule has 0 spiro atoms. The van der Waals surface area contributed by atoms with Gasteiger partial charge in [0.05, 0.1) is 47.7 Å². The normalized spacial score (nSPS) is 29.8. The summed E-state index contributed by atoms with van der Waals surface area (Å²) in [4.78, 5) is 8.85. The predicted octanol–water partition coefficient (Wildman–Crippen LogP) is 2.25. The standard InChI is InChI=1S/C17H17N7/c1-16-5-7-20-15(16)22-11-21-14(16)12-8-23-24(9-12)13(2-6-18)17(10-19)3-4-17/h5,7-9,11,13-14H,2-4H2,1H3,(H,20,21,22)/t13?,14?,16-/m1/s1. The van der Waals surface area contributed by atoms with Gasteiger partial charge >= 0.3 is 0 Å². The van der Waals surface area contributed by atoms with Crippen LogP contribution >= 0.6 is 0 Å². The second-order valence-electron chi connectivity index (χ2n) is 6.80. The molecule has 4 rings (SSSR count). The highest BCUT2D eigenvalue weighted by Crippen LogP contribution is 2.55. The number of nitriles is 2. The van der Waals surface area contributed by atoms with Crippen LogP contribution in [0.25, 0.3) is 0 Å². The third-order valence-electron chi connectivity index (χ3n) is 5.32. The fourth-order valence-corrected chi connectivity index (χ4v) is 3.62. The molecule has 1 aliphatic carbocycles. The zero-order valence-corrected chi connectivity index (χ0v) is 13.3. The first kappa shape index (κ1) is 14.6. The summed E-state index contributed by atoms with van der Waals surface area (Å²) in [5.74, 6) is 0.875. The monoisotopic (exact) mass is 319 g/mol. The lowest BCUT2D eigenvalue weighted by Gasteiger charge is -2.31. The predicted molar refractivity (Wildman–Crippen MR) is 87.8 cm³/mol. The lowest BCUT2D eigenvalue weighted by atomic mass is 9.79. The summed E-state index contributed by atoms with van der Waals surface area (Å²) in [5.41, 5.74) is 0.200. The van der Waals surface area contributed by atoms with Gasteiger partial charge in [-0.3, -0.25) is 9.67 Å². The van der Waals surface area contributed by atoms with Crippen LogP contribution < -0.4 is 5.32 Å². The molecule has 3 heterocycles. The second-order valence-corrected chi connectivity index (χ2v) is 6.80. The Morgan fingerprint density at radius 2 is 2.29 bits per heavy atom. The van der Waals surface area contributed by atoms with Crippen molar-refractivity contribution in [2.75, 3.05) is 0 Å². The molecule has 7 heteroatoms. The van der Waals surface area contributed by atoms with Crippen LogP contribution in [0, 0.1) is 33.5 Å². The van der Waals surface area contributed by atoms with Gasteiger partial charge in [-0.05, 0) is 26.0 Å². The van der Waals surface area contributed by atoms with E-state index in [1.807, 2.05) is 12.4 Å². The molecule has 1 saturated carbocycles. The van der Waals surface area contributed by atoms with Gasteiger partial charge in [-0.2, -0.15) is 15.6 Å². The summed E-state index contributed by atoms with van der Waals surface area (Å²) in [7, 11) is 0. The van der Waals surface area contributed by atoms with Crippen LogP contribution in [0.1, 0.15) is 43.8 Å². The third kappa shape index (κ3) is 1.98.